The van der Waals surface area contributed by atoms with Crippen LogP contribution < -0.4 is 34.5 Å². The predicted octanol–water partition coefficient (Wildman–Crippen LogP) is 7.75. The van der Waals surface area contributed by atoms with Gasteiger partial charge in [-0.05, 0) is 219 Å². The minimum absolute atomic E-state index is 0.0201. The SMILES string of the molecule is Cc1cc(OCCCC(=O)NCCCC(=O)[C@H](CS(=O)(=O)O)NC(=O)CC[C@H](C(=O)OC(C)(C)C)N2CCN(CC(=O)CC(C)(C)C)CCN(CC(=O)OC(C)(C)C)CC2)cc(C)c1S(=O)(=O)N[C@@H](CNC(=O)CCCCc1ccc2c(n1)N(S(=O)(=O)c1c(C)c(C)c3c(c1C)CC(C)(C)O3)CCC2)C(=O)OC(C)(C)C. The summed E-state index contributed by atoms with van der Waals surface area (Å²) >= 11 is 0. The number of nitrogens with zero attached hydrogens (tertiary/aromatic N) is 5. The van der Waals surface area contributed by atoms with Gasteiger partial charge < -0.3 is 39.6 Å². The normalized spacial score (nSPS) is 16.5. The smallest absolute Gasteiger partial charge is 0.326 e. The van der Waals surface area contributed by atoms with Crippen molar-refractivity contribution in [1.29, 1.82) is 0 Å². The van der Waals surface area contributed by atoms with Gasteiger partial charge in [-0.3, -0.25) is 57.6 Å². The molecule has 6 rings (SSSR count). The number of sulfonamides is 2. The van der Waals surface area contributed by atoms with Crippen LogP contribution in [0.15, 0.2) is 34.1 Å². The van der Waals surface area contributed by atoms with Crippen molar-refractivity contribution in [3.8, 4) is 11.5 Å². The lowest BCUT2D eigenvalue weighted by Crippen LogP contribution is -2.50. The number of Topliss-reactive ketones (excluding diaryl/α,β-unsaturated/α-hetero) is 2. The Morgan fingerprint density at radius 3 is 1.83 bits per heavy atom. The number of unbranched alkanes of at least 4 members (excludes halogenated alkanes) is 1. The van der Waals surface area contributed by atoms with Gasteiger partial charge in [-0.25, -0.2) is 26.1 Å². The molecule has 1 fully saturated rings. The third kappa shape index (κ3) is 29.6. The molecule has 3 aliphatic heterocycles. The van der Waals surface area contributed by atoms with E-state index in [1.165, 1.54) is 16.4 Å². The van der Waals surface area contributed by atoms with Gasteiger partial charge in [-0.2, -0.15) is 13.1 Å². The number of anilines is 1. The molecule has 622 valence electrons. The molecule has 111 heavy (non-hydrogen) atoms. The quantitative estimate of drug-likeness (QED) is 0.0161. The van der Waals surface area contributed by atoms with Gasteiger partial charge in [-0.15, -0.1) is 0 Å². The molecular weight excluding hydrogens is 1490 g/mol. The van der Waals surface area contributed by atoms with E-state index >= 15 is 0 Å². The second-order valence-corrected chi connectivity index (χ2v) is 39.3. The lowest BCUT2D eigenvalue weighted by Gasteiger charge is -2.34. The summed E-state index contributed by atoms with van der Waals surface area (Å²) in [5, 5.41) is 7.82. The van der Waals surface area contributed by atoms with Crippen LogP contribution in [0.25, 0.3) is 0 Å². The van der Waals surface area contributed by atoms with Crippen molar-refractivity contribution < 1.29 is 91.8 Å². The van der Waals surface area contributed by atoms with E-state index in [0.717, 1.165) is 22.4 Å². The molecule has 5 N–H and O–H groups in total. The topological polar surface area (TPSA) is 379 Å². The van der Waals surface area contributed by atoms with Gasteiger partial charge in [-0.1, -0.05) is 26.8 Å². The maximum Gasteiger partial charge on any atom is 0.326 e. The number of rotatable bonds is 36. The van der Waals surface area contributed by atoms with Gasteiger partial charge in [0.15, 0.2) is 5.78 Å². The monoisotopic (exact) mass is 1610 g/mol. The van der Waals surface area contributed by atoms with Gasteiger partial charge in [0, 0.05) is 109 Å². The Balaban J connectivity index is 0.981. The van der Waals surface area contributed by atoms with Crippen LogP contribution in [-0.2, 0) is 102 Å². The molecule has 0 unspecified atom stereocenters. The van der Waals surface area contributed by atoms with E-state index in [1.54, 1.807) is 76.2 Å². The average Bonchev–Trinajstić information content (AvgIpc) is 1.70. The molecule has 1 aromatic heterocycles. The molecule has 0 saturated carbocycles. The number of hydrogen-bond donors (Lipinski definition) is 5. The molecule has 0 spiro atoms. The molecule has 4 heterocycles. The number of carbonyl (C=O) groups is 8. The molecule has 0 aliphatic carbocycles. The first-order valence-electron chi connectivity index (χ1n) is 38.5. The van der Waals surface area contributed by atoms with Crippen LogP contribution in [0.3, 0.4) is 0 Å². The van der Waals surface area contributed by atoms with Crippen LogP contribution in [0, 0.1) is 40.0 Å². The van der Waals surface area contributed by atoms with Gasteiger partial charge in [0.1, 0.15) is 69.4 Å². The van der Waals surface area contributed by atoms with Crippen molar-refractivity contribution in [2.45, 2.75) is 272 Å². The van der Waals surface area contributed by atoms with Crippen LogP contribution in [0.5, 0.6) is 11.5 Å². The fourth-order valence-corrected chi connectivity index (χ4v) is 18.2. The van der Waals surface area contributed by atoms with Crippen LogP contribution >= 0.6 is 0 Å². The minimum atomic E-state index is -4.82. The summed E-state index contributed by atoms with van der Waals surface area (Å²) < 4.78 is 125. The zero-order valence-corrected chi connectivity index (χ0v) is 71.2. The van der Waals surface area contributed by atoms with Gasteiger partial charge >= 0.3 is 17.9 Å². The second kappa shape index (κ2) is 38.8. The molecule has 3 aromatic rings. The number of fused-ring (bicyclic) bond motifs is 2. The van der Waals surface area contributed by atoms with E-state index in [2.05, 4.69) is 20.7 Å². The highest BCUT2D eigenvalue weighted by atomic mass is 32.2. The van der Waals surface area contributed by atoms with Gasteiger partial charge in [0.25, 0.3) is 20.1 Å². The number of benzene rings is 2. The highest BCUT2D eigenvalue weighted by Gasteiger charge is 2.41. The predicted molar refractivity (Wildman–Crippen MR) is 421 cm³/mol. The lowest BCUT2D eigenvalue weighted by atomic mass is 9.90. The fourth-order valence-electron chi connectivity index (χ4n) is 13.9. The second-order valence-electron chi connectivity index (χ2n) is 34.4. The molecule has 3 atom stereocenters. The number of pyridine rings is 1. The van der Waals surface area contributed by atoms with Crippen molar-refractivity contribution in [2.75, 3.05) is 88.7 Å². The first-order valence-corrected chi connectivity index (χ1v) is 43.0. The molecule has 2 aromatic carbocycles. The van der Waals surface area contributed by atoms with E-state index in [9.17, 15) is 68.2 Å². The van der Waals surface area contributed by atoms with Crippen molar-refractivity contribution in [1.82, 2.24) is 40.4 Å². The fraction of sp³-hybridized carbons (Fsp3) is 0.684. The lowest BCUT2D eigenvalue weighted by molar-refractivity contribution is -0.162. The largest absolute Gasteiger partial charge is 0.494 e. The standard InChI is InChI=1S/C79H123N9O20S3/c1-51-43-59(44-52(2)70(51)110(100,101)84-61(73(95)107-77(12,13)14)47-81-66(92)28-21-20-26-57-31-30-56-25-23-35-88(72(56)82-57)111(102,103)71-54(4)53(3)69-60(55(71)5)46-79(18,19)106-69)104-42-24-29-65(91)80-34-22-27-64(90)62(50-109(97,98)99)83-67(93)33-32-63(74(96)108-78(15,16)17)87-40-38-85(48-58(89)45-75(6,7)8)36-37-86(39-41-87)49-68(94)105-76(9,10)11/h30-31,43-44,61-63,84H,20-29,32-42,45-50H2,1-19H3,(H,80,91)(H,81,92)(H,83,93)(H,97,98,99)/t61-,62-,63+/m0/s1. The Bertz CT molecular complexity index is 4150. The van der Waals surface area contributed by atoms with Gasteiger partial charge in [0.05, 0.1) is 29.5 Å². The van der Waals surface area contributed by atoms with E-state index in [4.69, 9.17) is 28.7 Å². The number of ether oxygens (including phenoxy) is 5. The minimum Gasteiger partial charge on any atom is -0.494 e. The number of amides is 3. The van der Waals surface area contributed by atoms with E-state index in [-0.39, 0.29) is 123 Å². The summed E-state index contributed by atoms with van der Waals surface area (Å²) in [6.45, 7) is 35.7. The number of hydrogen-bond acceptors (Lipinski definition) is 23. The summed E-state index contributed by atoms with van der Waals surface area (Å²) in [4.78, 5) is 118. The zero-order chi connectivity index (χ0) is 83.2. The highest BCUT2D eigenvalue weighted by molar-refractivity contribution is 7.93. The number of ketones is 2. The Labute approximate surface area is 658 Å². The van der Waals surface area contributed by atoms with E-state index in [1.807, 2.05) is 82.2 Å². The van der Waals surface area contributed by atoms with Crippen molar-refractivity contribution in [2.24, 2.45) is 5.41 Å². The van der Waals surface area contributed by atoms with Gasteiger partial charge in [0.2, 0.25) is 27.7 Å². The first-order chi connectivity index (χ1) is 51.2. The first kappa shape index (κ1) is 92.7. The average molecular weight is 1620 g/mol. The molecular formula is C79H123N9O20S3. The summed E-state index contributed by atoms with van der Waals surface area (Å²) in [6.07, 6.45) is 2.95. The van der Waals surface area contributed by atoms with Crippen molar-refractivity contribution in [3.05, 3.63) is 68.9 Å². The third-order valence-corrected chi connectivity index (χ3v) is 23.4. The molecule has 32 heteroatoms. The number of nitrogens with one attached hydrogen (secondary N) is 4. The highest BCUT2D eigenvalue weighted by Crippen LogP contribution is 2.45. The summed E-state index contributed by atoms with van der Waals surface area (Å²) in [5.74, 6) is -4.09. The van der Waals surface area contributed by atoms with Crippen LogP contribution in [0.2, 0.25) is 0 Å². The Hall–Kier alpha value is -7.20. The third-order valence-electron chi connectivity index (χ3n) is 18.8. The maximum atomic E-state index is 14.7. The summed E-state index contributed by atoms with van der Waals surface area (Å²) in [5.41, 5.74) is 1.62. The van der Waals surface area contributed by atoms with Crippen LogP contribution in [0.4, 0.5) is 5.82 Å². The van der Waals surface area contributed by atoms with Crippen LogP contribution in [0.1, 0.15) is 212 Å². The Morgan fingerprint density at radius 2 is 1.23 bits per heavy atom. The van der Waals surface area contributed by atoms with E-state index in [0.29, 0.717) is 99.5 Å². The zero-order valence-electron chi connectivity index (χ0n) is 68.8. The van der Waals surface area contributed by atoms with Crippen molar-refractivity contribution in [3.63, 3.8) is 0 Å². The molecule has 29 nitrogen and oxygen atoms in total. The van der Waals surface area contributed by atoms with E-state index < -0.39 is 124 Å². The molecule has 0 bridgehead atoms. The van der Waals surface area contributed by atoms with Crippen molar-refractivity contribution >= 4 is 83.2 Å². The molecule has 3 amide bonds. The number of aromatic nitrogens is 1. The number of aryl methyl sites for hydroxylation is 4. The van der Waals surface area contributed by atoms with Crippen LogP contribution in [-0.4, -0.2) is 222 Å². The maximum absolute atomic E-state index is 14.7. The molecule has 1 saturated heterocycles. The summed E-state index contributed by atoms with van der Waals surface area (Å²) in [7, 11) is -13.3. The number of esters is 3. The summed E-state index contributed by atoms with van der Waals surface area (Å²) in [6, 6.07) is 2.51. The Kier molecular flexibility index (Phi) is 32.4. The number of carbonyl (C=O) groups excluding carboxylic acids is 8. The Morgan fingerprint density at radius 1 is 0.640 bits per heavy atom. The molecule has 0 radical (unpaired) electrons. The molecule has 3 aliphatic rings.